The average Bonchev–Trinajstić information content (AvgIpc) is 2.88. The second kappa shape index (κ2) is 11.4. The van der Waals surface area contributed by atoms with E-state index in [0.29, 0.717) is 26.1 Å². The van der Waals surface area contributed by atoms with E-state index in [1.807, 2.05) is 0 Å². The second-order valence-electron chi connectivity index (χ2n) is 9.11. The van der Waals surface area contributed by atoms with Gasteiger partial charge in [0.25, 0.3) is 0 Å². The number of halogens is 5. The van der Waals surface area contributed by atoms with Crippen molar-refractivity contribution in [2.75, 3.05) is 13.2 Å². The van der Waals surface area contributed by atoms with Crippen LogP contribution in [0.1, 0.15) is 45.1 Å². The molecule has 192 valence electrons. The van der Waals surface area contributed by atoms with E-state index >= 15 is 4.39 Å². The number of hydrogen-bond donors (Lipinski definition) is 0. The number of ether oxygens (including phenoxy) is 2. The monoisotopic (exact) mass is 504 g/mol. The Balaban J connectivity index is 1.55. The van der Waals surface area contributed by atoms with Gasteiger partial charge in [-0.25, -0.2) is 22.0 Å². The molecular weight excluding hydrogens is 475 g/mol. The largest absolute Gasteiger partial charge is 0.494 e. The minimum Gasteiger partial charge on any atom is -0.494 e. The summed E-state index contributed by atoms with van der Waals surface area (Å²) in [4.78, 5) is 0. The molecule has 1 aliphatic heterocycles. The molecule has 0 amide bonds. The van der Waals surface area contributed by atoms with Crippen LogP contribution in [0.5, 0.6) is 5.75 Å². The van der Waals surface area contributed by atoms with Crippen molar-refractivity contribution >= 4 is 0 Å². The van der Waals surface area contributed by atoms with Crippen molar-refractivity contribution in [3.63, 3.8) is 0 Å². The fourth-order valence-electron chi connectivity index (χ4n) is 4.70. The predicted octanol–water partition coefficient (Wildman–Crippen LogP) is 8.25. The molecule has 1 heterocycles. The molecule has 0 bridgehead atoms. The molecule has 3 aromatic carbocycles. The van der Waals surface area contributed by atoms with Gasteiger partial charge in [0.2, 0.25) is 0 Å². The predicted molar refractivity (Wildman–Crippen MR) is 129 cm³/mol. The van der Waals surface area contributed by atoms with Crippen molar-refractivity contribution in [2.24, 2.45) is 5.92 Å². The van der Waals surface area contributed by atoms with Gasteiger partial charge in [0.05, 0.1) is 12.7 Å². The van der Waals surface area contributed by atoms with Gasteiger partial charge in [-0.2, -0.15) is 0 Å². The molecule has 0 radical (unpaired) electrons. The van der Waals surface area contributed by atoms with Crippen LogP contribution in [0.25, 0.3) is 22.3 Å². The van der Waals surface area contributed by atoms with Gasteiger partial charge in [-0.1, -0.05) is 31.2 Å². The van der Waals surface area contributed by atoms with Crippen LogP contribution in [0.2, 0.25) is 0 Å². The summed E-state index contributed by atoms with van der Waals surface area (Å²) in [5.41, 5.74) is -1.13. The van der Waals surface area contributed by atoms with Gasteiger partial charge >= 0.3 is 0 Å². The summed E-state index contributed by atoms with van der Waals surface area (Å²) in [6.45, 7) is 4.74. The maximum absolute atomic E-state index is 15.0. The molecule has 0 aromatic heterocycles. The van der Waals surface area contributed by atoms with Crippen LogP contribution in [0.3, 0.4) is 0 Å². The summed E-state index contributed by atoms with van der Waals surface area (Å²) in [6.07, 6.45) is 4.13. The minimum absolute atomic E-state index is 0.166. The van der Waals surface area contributed by atoms with E-state index in [9.17, 15) is 17.6 Å². The molecule has 2 unspecified atom stereocenters. The van der Waals surface area contributed by atoms with E-state index in [2.05, 4.69) is 6.92 Å². The molecule has 0 N–H and O–H groups in total. The van der Waals surface area contributed by atoms with E-state index in [4.69, 9.17) is 9.47 Å². The van der Waals surface area contributed by atoms with Crippen LogP contribution >= 0.6 is 0 Å². The molecule has 4 rings (SSSR count). The first-order valence-corrected chi connectivity index (χ1v) is 12.3. The van der Waals surface area contributed by atoms with Gasteiger partial charge in [0.1, 0.15) is 11.6 Å². The van der Waals surface area contributed by atoms with E-state index in [1.54, 1.807) is 6.92 Å². The first-order chi connectivity index (χ1) is 17.3. The maximum Gasteiger partial charge on any atom is 0.167 e. The zero-order valence-corrected chi connectivity index (χ0v) is 20.4. The molecule has 1 fully saturated rings. The Labute approximate surface area is 208 Å². The van der Waals surface area contributed by atoms with Crippen molar-refractivity contribution in [1.82, 2.24) is 0 Å². The summed E-state index contributed by atoms with van der Waals surface area (Å²) < 4.78 is 85.3. The summed E-state index contributed by atoms with van der Waals surface area (Å²) in [7, 11) is 0. The first kappa shape index (κ1) is 26.1. The van der Waals surface area contributed by atoms with Gasteiger partial charge in [-0.3, -0.25) is 0 Å². The molecule has 3 aromatic rings. The highest BCUT2D eigenvalue weighted by atomic mass is 19.2. The van der Waals surface area contributed by atoms with Crippen molar-refractivity contribution in [3.8, 4) is 28.0 Å². The Morgan fingerprint density at radius 2 is 1.39 bits per heavy atom. The van der Waals surface area contributed by atoms with E-state index in [-0.39, 0.29) is 34.5 Å². The number of rotatable bonds is 8. The molecule has 1 saturated heterocycles. The Morgan fingerprint density at radius 3 is 1.97 bits per heavy atom. The average molecular weight is 505 g/mol. The lowest BCUT2D eigenvalue weighted by Crippen LogP contribution is -2.25. The number of hydrogen-bond acceptors (Lipinski definition) is 2. The third-order valence-corrected chi connectivity index (χ3v) is 6.82. The van der Waals surface area contributed by atoms with Crippen LogP contribution in [-0.4, -0.2) is 19.3 Å². The maximum atomic E-state index is 15.0. The zero-order valence-electron chi connectivity index (χ0n) is 20.4. The highest BCUT2D eigenvalue weighted by Gasteiger charge is 2.24. The third-order valence-electron chi connectivity index (χ3n) is 6.82. The van der Waals surface area contributed by atoms with Crippen LogP contribution in [0.15, 0.2) is 42.5 Å². The van der Waals surface area contributed by atoms with Crippen molar-refractivity contribution in [1.29, 1.82) is 0 Å². The Kier molecular flexibility index (Phi) is 8.29. The van der Waals surface area contributed by atoms with Gasteiger partial charge in [-0.15, -0.1) is 0 Å². The van der Waals surface area contributed by atoms with E-state index < -0.39 is 40.2 Å². The quantitative estimate of drug-likeness (QED) is 0.288. The van der Waals surface area contributed by atoms with Crippen LogP contribution in [0.4, 0.5) is 22.0 Å². The lowest BCUT2D eigenvalue weighted by Gasteiger charge is -2.28. The molecule has 2 nitrogen and oxygen atoms in total. The Bertz CT molecular complexity index is 1220. The van der Waals surface area contributed by atoms with Gasteiger partial charge in [0.15, 0.2) is 23.3 Å². The van der Waals surface area contributed by atoms with Crippen LogP contribution in [-0.2, 0) is 11.2 Å². The molecule has 0 aliphatic carbocycles. The molecule has 7 heteroatoms. The highest BCUT2D eigenvalue weighted by molar-refractivity contribution is 5.73. The number of aryl methyl sites for hydroxylation is 1. The molecule has 2 atom stereocenters. The fourth-order valence-corrected chi connectivity index (χ4v) is 4.70. The third kappa shape index (κ3) is 5.41. The van der Waals surface area contributed by atoms with Gasteiger partial charge < -0.3 is 9.47 Å². The molecule has 0 spiro atoms. The summed E-state index contributed by atoms with van der Waals surface area (Å²) in [5, 5.41) is 0. The second-order valence-corrected chi connectivity index (χ2v) is 9.11. The zero-order chi connectivity index (χ0) is 25.8. The summed E-state index contributed by atoms with van der Waals surface area (Å²) in [5.74, 6) is -5.29. The standard InChI is InChI=1S/C29H29F5O2/c1-3-19-9-6-17(16-36-19)5-7-18-8-11-23(27(32)26(18)31)24-14-13-22(28(33)29(24)34)21-12-10-20(35-4-2)15-25(21)30/h8,10-15,17,19H,3-7,9,16H2,1-2H3. The number of benzene rings is 3. The molecule has 36 heavy (non-hydrogen) atoms. The SMILES string of the molecule is CCOc1ccc(-c2ccc(-c3ccc(CCC4CCC(CC)OC4)c(F)c3F)c(F)c2F)c(F)c1. The summed E-state index contributed by atoms with van der Waals surface area (Å²) >= 11 is 0. The van der Waals surface area contributed by atoms with E-state index in [0.717, 1.165) is 37.5 Å². The molecule has 1 aliphatic rings. The lowest BCUT2D eigenvalue weighted by atomic mass is 9.91. The van der Waals surface area contributed by atoms with E-state index in [1.165, 1.54) is 24.3 Å². The Morgan fingerprint density at radius 1 is 0.778 bits per heavy atom. The highest BCUT2D eigenvalue weighted by Crippen LogP contribution is 2.36. The normalized spacial score (nSPS) is 17.9. The topological polar surface area (TPSA) is 18.5 Å². The van der Waals surface area contributed by atoms with Crippen molar-refractivity contribution in [2.45, 2.75) is 52.1 Å². The lowest BCUT2D eigenvalue weighted by molar-refractivity contribution is -0.0190. The Hall–Kier alpha value is -2.93. The van der Waals surface area contributed by atoms with Gasteiger partial charge in [0, 0.05) is 34.9 Å². The van der Waals surface area contributed by atoms with Crippen molar-refractivity contribution < 1.29 is 31.4 Å². The fraction of sp³-hybridized carbons (Fsp3) is 0.379. The summed E-state index contributed by atoms with van der Waals surface area (Å²) in [6, 6.07) is 8.76. The van der Waals surface area contributed by atoms with Crippen molar-refractivity contribution in [3.05, 3.63) is 77.1 Å². The first-order valence-electron chi connectivity index (χ1n) is 12.3. The minimum atomic E-state index is -1.38. The smallest absolute Gasteiger partial charge is 0.167 e. The van der Waals surface area contributed by atoms with Crippen LogP contribution < -0.4 is 4.74 Å². The molecule has 0 saturated carbocycles. The molecular formula is C29H29F5O2. The van der Waals surface area contributed by atoms with Crippen LogP contribution in [0, 0.1) is 35.0 Å². The van der Waals surface area contributed by atoms with Gasteiger partial charge in [-0.05, 0) is 62.6 Å².